The van der Waals surface area contributed by atoms with E-state index in [-0.39, 0.29) is 17.0 Å². The predicted octanol–water partition coefficient (Wildman–Crippen LogP) is 0.404. The molecular formula is C12H16N4O4. The van der Waals surface area contributed by atoms with Crippen LogP contribution in [-0.4, -0.2) is 30.2 Å². The minimum absolute atomic E-state index is 0.0592. The highest BCUT2D eigenvalue weighted by Gasteiger charge is 2.18. The molecule has 8 heteroatoms. The summed E-state index contributed by atoms with van der Waals surface area (Å²) in [5, 5.41) is 8.95. The molecule has 0 aliphatic heterocycles. The minimum Gasteiger partial charge on any atom is -0.475 e. The van der Waals surface area contributed by atoms with Crippen LogP contribution in [-0.2, 0) is 13.1 Å². The van der Waals surface area contributed by atoms with Gasteiger partial charge in [-0.1, -0.05) is 13.8 Å². The van der Waals surface area contributed by atoms with Crippen LogP contribution in [0.5, 0.6) is 0 Å². The van der Waals surface area contributed by atoms with E-state index in [4.69, 9.17) is 5.11 Å². The SMILES string of the molecule is CCCn1c(=O)c2[nH]c(C(=O)O)nc2n(CCC)c1=O. The monoisotopic (exact) mass is 280 g/mol. The standard InChI is InChI=1S/C12H16N4O4/c1-3-5-15-9-7(13-8(14-9)11(18)19)10(17)16(6-4-2)12(15)20/h3-6H2,1-2H3,(H,13,14)(H,18,19). The van der Waals surface area contributed by atoms with Gasteiger partial charge in [-0.15, -0.1) is 0 Å². The lowest BCUT2D eigenvalue weighted by Gasteiger charge is -2.09. The van der Waals surface area contributed by atoms with E-state index in [1.165, 1.54) is 4.57 Å². The molecule has 2 rings (SSSR count). The van der Waals surface area contributed by atoms with Gasteiger partial charge < -0.3 is 10.1 Å². The second kappa shape index (κ2) is 5.32. The van der Waals surface area contributed by atoms with E-state index in [1.54, 1.807) is 0 Å². The number of fused-ring (bicyclic) bond motifs is 1. The molecule has 0 unspecified atom stereocenters. The van der Waals surface area contributed by atoms with E-state index in [1.807, 2.05) is 13.8 Å². The van der Waals surface area contributed by atoms with Gasteiger partial charge in [-0.3, -0.25) is 13.9 Å². The van der Waals surface area contributed by atoms with Crippen molar-refractivity contribution in [1.82, 2.24) is 19.1 Å². The Morgan fingerprint density at radius 2 is 1.80 bits per heavy atom. The van der Waals surface area contributed by atoms with Crippen molar-refractivity contribution in [3.05, 3.63) is 26.7 Å². The highest BCUT2D eigenvalue weighted by atomic mass is 16.4. The van der Waals surface area contributed by atoms with Crippen LogP contribution in [0.2, 0.25) is 0 Å². The van der Waals surface area contributed by atoms with Crippen LogP contribution in [0, 0.1) is 0 Å². The largest absolute Gasteiger partial charge is 0.475 e. The summed E-state index contributed by atoms with van der Waals surface area (Å²) < 4.78 is 2.46. The van der Waals surface area contributed by atoms with Gasteiger partial charge in [0.05, 0.1) is 0 Å². The fraction of sp³-hybridized carbons (Fsp3) is 0.500. The van der Waals surface area contributed by atoms with Gasteiger partial charge in [-0.05, 0) is 12.8 Å². The molecule has 8 nitrogen and oxygen atoms in total. The normalized spacial score (nSPS) is 11.1. The third kappa shape index (κ3) is 2.13. The van der Waals surface area contributed by atoms with Crippen molar-refractivity contribution in [3.63, 3.8) is 0 Å². The molecule has 0 saturated heterocycles. The number of H-pyrrole nitrogens is 1. The molecule has 0 aromatic carbocycles. The van der Waals surface area contributed by atoms with E-state index in [0.29, 0.717) is 25.9 Å². The van der Waals surface area contributed by atoms with Crippen LogP contribution in [0.3, 0.4) is 0 Å². The summed E-state index contributed by atoms with van der Waals surface area (Å²) in [5.41, 5.74) is -0.815. The van der Waals surface area contributed by atoms with E-state index in [2.05, 4.69) is 9.97 Å². The molecule has 0 fully saturated rings. The summed E-state index contributed by atoms with van der Waals surface area (Å²) in [4.78, 5) is 41.8. The van der Waals surface area contributed by atoms with Crippen molar-refractivity contribution < 1.29 is 9.90 Å². The van der Waals surface area contributed by atoms with Crippen molar-refractivity contribution in [2.24, 2.45) is 0 Å². The topological polar surface area (TPSA) is 110 Å². The van der Waals surface area contributed by atoms with E-state index in [0.717, 1.165) is 4.57 Å². The average Bonchev–Trinajstić information content (AvgIpc) is 2.85. The second-order valence-electron chi connectivity index (χ2n) is 4.48. The van der Waals surface area contributed by atoms with Gasteiger partial charge in [0, 0.05) is 13.1 Å². The number of rotatable bonds is 5. The van der Waals surface area contributed by atoms with Gasteiger partial charge >= 0.3 is 11.7 Å². The minimum atomic E-state index is -1.27. The maximum atomic E-state index is 12.3. The van der Waals surface area contributed by atoms with Crippen molar-refractivity contribution in [2.75, 3.05) is 0 Å². The number of nitrogens with one attached hydrogen (secondary N) is 1. The van der Waals surface area contributed by atoms with E-state index < -0.39 is 17.2 Å². The highest BCUT2D eigenvalue weighted by Crippen LogP contribution is 2.06. The van der Waals surface area contributed by atoms with Crippen molar-refractivity contribution >= 4 is 17.1 Å². The molecule has 0 aliphatic rings. The molecule has 20 heavy (non-hydrogen) atoms. The maximum absolute atomic E-state index is 12.3. The van der Waals surface area contributed by atoms with Gasteiger partial charge in [0.25, 0.3) is 5.56 Å². The maximum Gasteiger partial charge on any atom is 0.371 e. The first-order valence-electron chi connectivity index (χ1n) is 6.47. The van der Waals surface area contributed by atoms with Gasteiger partial charge in [-0.2, -0.15) is 0 Å². The van der Waals surface area contributed by atoms with Gasteiger partial charge in [0.15, 0.2) is 11.2 Å². The quantitative estimate of drug-likeness (QED) is 0.824. The fourth-order valence-corrected chi connectivity index (χ4v) is 2.11. The molecule has 108 valence electrons. The van der Waals surface area contributed by atoms with E-state index >= 15 is 0 Å². The molecule has 2 aromatic rings. The Morgan fingerprint density at radius 1 is 1.20 bits per heavy atom. The van der Waals surface area contributed by atoms with Crippen LogP contribution >= 0.6 is 0 Å². The number of aryl methyl sites for hydroxylation is 1. The zero-order valence-corrected chi connectivity index (χ0v) is 11.3. The van der Waals surface area contributed by atoms with Crippen LogP contribution in [0.15, 0.2) is 9.59 Å². The number of hydrogen-bond acceptors (Lipinski definition) is 4. The Kier molecular flexibility index (Phi) is 3.73. The fourth-order valence-electron chi connectivity index (χ4n) is 2.11. The lowest BCUT2D eigenvalue weighted by Crippen LogP contribution is -2.40. The first-order chi connectivity index (χ1) is 9.51. The Bertz CT molecular complexity index is 768. The molecule has 0 aliphatic carbocycles. The Hall–Kier alpha value is -2.38. The third-order valence-corrected chi connectivity index (χ3v) is 2.96. The molecule has 0 spiro atoms. The average molecular weight is 280 g/mol. The number of imidazole rings is 1. The molecule has 0 amide bonds. The number of hydrogen-bond donors (Lipinski definition) is 2. The summed E-state index contributed by atoms with van der Waals surface area (Å²) in [6.45, 7) is 4.41. The summed E-state index contributed by atoms with van der Waals surface area (Å²) in [5.74, 6) is -1.60. The number of aromatic nitrogens is 4. The summed E-state index contributed by atoms with van der Waals surface area (Å²) in [6.07, 6.45) is 1.31. The van der Waals surface area contributed by atoms with Gasteiger partial charge in [0.1, 0.15) is 0 Å². The number of carboxylic acids is 1. The number of carboxylic acid groups (broad SMARTS) is 1. The highest BCUT2D eigenvalue weighted by molar-refractivity contribution is 5.87. The molecule has 0 saturated carbocycles. The lowest BCUT2D eigenvalue weighted by molar-refractivity contribution is 0.0685. The van der Waals surface area contributed by atoms with Crippen LogP contribution in [0.1, 0.15) is 37.3 Å². The molecule has 2 aromatic heterocycles. The predicted molar refractivity (Wildman–Crippen MR) is 72.2 cm³/mol. The summed E-state index contributed by atoms with van der Waals surface area (Å²) >= 11 is 0. The van der Waals surface area contributed by atoms with Crippen LogP contribution in [0.4, 0.5) is 0 Å². The van der Waals surface area contributed by atoms with E-state index in [9.17, 15) is 14.4 Å². The van der Waals surface area contributed by atoms with Crippen molar-refractivity contribution in [2.45, 2.75) is 39.8 Å². The lowest BCUT2D eigenvalue weighted by atomic mass is 10.4. The Balaban J connectivity index is 2.87. The molecule has 0 atom stereocenters. The Morgan fingerprint density at radius 3 is 2.35 bits per heavy atom. The number of carbonyl (C=O) groups is 1. The number of aromatic carboxylic acids is 1. The Labute approximate surface area is 113 Å². The summed E-state index contributed by atoms with van der Waals surface area (Å²) in [6, 6.07) is 0. The summed E-state index contributed by atoms with van der Waals surface area (Å²) in [7, 11) is 0. The van der Waals surface area contributed by atoms with Crippen LogP contribution < -0.4 is 11.2 Å². The second-order valence-corrected chi connectivity index (χ2v) is 4.48. The molecular weight excluding hydrogens is 264 g/mol. The zero-order valence-electron chi connectivity index (χ0n) is 11.3. The molecule has 0 bridgehead atoms. The smallest absolute Gasteiger partial charge is 0.371 e. The zero-order chi connectivity index (χ0) is 14.9. The van der Waals surface area contributed by atoms with Crippen molar-refractivity contribution in [3.8, 4) is 0 Å². The molecule has 0 radical (unpaired) electrons. The van der Waals surface area contributed by atoms with Crippen molar-refractivity contribution in [1.29, 1.82) is 0 Å². The third-order valence-electron chi connectivity index (χ3n) is 2.96. The molecule has 2 heterocycles. The van der Waals surface area contributed by atoms with Crippen LogP contribution in [0.25, 0.3) is 11.2 Å². The molecule has 2 N–H and O–H groups in total. The van der Waals surface area contributed by atoms with Gasteiger partial charge in [0.2, 0.25) is 5.82 Å². The number of aromatic amines is 1. The van der Waals surface area contributed by atoms with Gasteiger partial charge in [-0.25, -0.2) is 14.6 Å². The number of nitrogens with zero attached hydrogens (tertiary/aromatic N) is 3. The first-order valence-corrected chi connectivity index (χ1v) is 6.47. The first kappa shape index (κ1) is 14.0.